The first kappa shape index (κ1) is 20.7. The summed E-state index contributed by atoms with van der Waals surface area (Å²) in [5.74, 6) is 9.47. The Balaban J connectivity index is 2.12. The van der Waals surface area contributed by atoms with Crippen molar-refractivity contribution in [2.45, 2.75) is 19.4 Å². The molecule has 2 rings (SSSR count). The smallest absolute Gasteiger partial charge is 0.254 e. The van der Waals surface area contributed by atoms with Gasteiger partial charge in [0.1, 0.15) is 12.9 Å². The van der Waals surface area contributed by atoms with Crippen molar-refractivity contribution >= 4 is 17.5 Å². The Morgan fingerprint density at radius 2 is 1.68 bits per heavy atom. The predicted molar refractivity (Wildman–Crippen MR) is 102 cm³/mol. The van der Waals surface area contributed by atoms with Crippen LogP contribution in [0.5, 0.6) is 0 Å². The lowest BCUT2D eigenvalue weighted by molar-refractivity contribution is -0.134. The van der Waals surface area contributed by atoms with Crippen molar-refractivity contribution in [2.75, 3.05) is 13.7 Å². The van der Waals surface area contributed by atoms with Gasteiger partial charge in [0, 0.05) is 24.6 Å². The number of rotatable bonds is 6. The average Bonchev–Trinajstić information content (AvgIpc) is 3.24. The third kappa shape index (κ3) is 5.20. The molecule has 1 heterocycles. The highest BCUT2D eigenvalue weighted by Crippen LogP contribution is 2.11. The number of nitrogens with zero attached hydrogens (tertiary/aromatic N) is 1. The third-order valence-corrected chi connectivity index (χ3v) is 3.95. The molecule has 28 heavy (non-hydrogen) atoms. The zero-order valence-corrected chi connectivity index (χ0v) is 15.6. The van der Waals surface area contributed by atoms with E-state index in [1.165, 1.54) is 19.6 Å². The molecular weight excluding hydrogens is 358 g/mol. The van der Waals surface area contributed by atoms with Gasteiger partial charge in [0.2, 0.25) is 0 Å². The molecule has 0 radical (unpaired) electrons. The van der Waals surface area contributed by atoms with Crippen molar-refractivity contribution in [1.82, 2.24) is 4.90 Å². The van der Waals surface area contributed by atoms with Crippen LogP contribution in [-0.4, -0.2) is 47.2 Å². The molecule has 2 aromatic rings. The molecule has 0 unspecified atom stereocenters. The molecule has 0 fully saturated rings. The summed E-state index contributed by atoms with van der Waals surface area (Å²) >= 11 is 0. The summed E-state index contributed by atoms with van der Waals surface area (Å²) in [5, 5.41) is 9.08. The quantitative estimate of drug-likeness (QED) is 0.611. The zero-order chi connectivity index (χ0) is 20.5. The van der Waals surface area contributed by atoms with Crippen LogP contribution in [0.25, 0.3) is 0 Å². The molecule has 6 nitrogen and oxygen atoms in total. The van der Waals surface area contributed by atoms with Crippen molar-refractivity contribution < 1.29 is 23.9 Å². The highest BCUT2D eigenvalue weighted by Gasteiger charge is 2.32. The van der Waals surface area contributed by atoms with Gasteiger partial charge in [0.05, 0.1) is 11.8 Å². The standard InChI is InChI=1S/C22H19NO5/c1-3-19(25)21(20(26)14-24)23(2)22(27)18-10-8-16(9-11-18)6-4-5-7-17-12-13-28-15-17/h8-13,15,21,24H,3,14H2,1-2H3/t21-/m0/s1. The summed E-state index contributed by atoms with van der Waals surface area (Å²) in [6.07, 6.45) is 3.13. The Morgan fingerprint density at radius 3 is 2.21 bits per heavy atom. The van der Waals surface area contributed by atoms with E-state index in [0.717, 1.165) is 10.5 Å². The molecule has 6 heteroatoms. The van der Waals surface area contributed by atoms with Gasteiger partial charge >= 0.3 is 0 Å². The third-order valence-electron chi connectivity index (χ3n) is 3.95. The van der Waals surface area contributed by atoms with Crippen LogP contribution in [0.1, 0.15) is 34.8 Å². The van der Waals surface area contributed by atoms with Crippen molar-refractivity contribution in [3.05, 3.63) is 59.5 Å². The lowest BCUT2D eigenvalue weighted by Gasteiger charge is -2.25. The fourth-order valence-corrected chi connectivity index (χ4v) is 2.45. The van der Waals surface area contributed by atoms with Crippen molar-refractivity contribution in [2.24, 2.45) is 0 Å². The number of hydrogen-bond donors (Lipinski definition) is 1. The summed E-state index contributed by atoms with van der Waals surface area (Å²) in [5.41, 5.74) is 1.69. The number of benzene rings is 1. The van der Waals surface area contributed by atoms with Gasteiger partial charge in [-0.25, -0.2) is 0 Å². The summed E-state index contributed by atoms with van der Waals surface area (Å²) in [6.45, 7) is 0.795. The average molecular weight is 377 g/mol. The molecule has 1 N–H and O–H groups in total. The van der Waals surface area contributed by atoms with Crippen LogP contribution < -0.4 is 0 Å². The molecule has 0 aliphatic heterocycles. The molecule has 142 valence electrons. The van der Waals surface area contributed by atoms with E-state index >= 15 is 0 Å². The fourth-order valence-electron chi connectivity index (χ4n) is 2.45. The van der Waals surface area contributed by atoms with E-state index in [1.807, 2.05) is 0 Å². The highest BCUT2D eigenvalue weighted by molar-refractivity contribution is 6.10. The molecule has 0 saturated heterocycles. The molecule has 1 aromatic heterocycles. The minimum Gasteiger partial charge on any atom is -0.471 e. The first-order valence-electron chi connectivity index (χ1n) is 8.55. The van der Waals surface area contributed by atoms with Gasteiger partial charge in [-0.3, -0.25) is 14.4 Å². The zero-order valence-electron chi connectivity index (χ0n) is 15.6. The second-order valence-corrected chi connectivity index (χ2v) is 5.85. The van der Waals surface area contributed by atoms with Crippen LogP contribution >= 0.6 is 0 Å². The van der Waals surface area contributed by atoms with Crippen LogP contribution in [0.4, 0.5) is 0 Å². The Kier molecular flexibility index (Phi) is 7.33. The summed E-state index contributed by atoms with van der Waals surface area (Å²) in [7, 11) is 1.37. The van der Waals surface area contributed by atoms with Crippen molar-refractivity contribution in [1.29, 1.82) is 0 Å². The molecule has 1 atom stereocenters. The van der Waals surface area contributed by atoms with Crippen LogP contribution in [-0.2, 0) is 9.59 Å². The van der Waals surface area contributed by atoms with Gasteiger partial charge in [0.15, 0.2) is 17.6 Å². The first-order chi connectivity index (χ1) is 13.5. The monoisotopic (exact) mass is 377 g/mol. The second kappa shape index (κ2) is 9.91. The molecule has 0 spiro atoms. The Hall–Kier alpha value is -3.61. The van der Waals surface area contributed by atoms with Crippen molar-refractivity contribution in [3.8, 4) is 23.7 Å². The van der Waals surface area contributed by atoms with E-state index in [4.69, 9.17) is 9.52 Å². The van der Waals surface area contributed by atoms with E-state index < -0.39 is 30.1 Å². The van der Waals surface area contributed by atoms with Gasteiger partial charge < -0.3 is 14.4 Å². The van der Waals surface area contributed by atoms with E-state index in [9.17, 15) is 14.4 Å². The molecule has 1 amide bonds. The molecule has 0 aliphatic carbocycles. The van der Waals surface area contributed by atoms with E-state index in [0.29, 0.717) is 11.1 Å². The maximum Gasteiger partial charge on any atom is 0.254 e. The topological polar surface area (TPSA) is 87.8 Å². The lowest BCUT2D eigenvalue weighted by atomic mass is 10.0. The summed E-state index contributed by atoms with van der Waals surface area (Å²) in [4.78, 5) is 37.5. The number of Topliss-reactive ketones (excluding diaryl/α,β-unsaturated/α-hetero) is 2. The second-order valence-electron chi connectivity index (χ2n) is 5.85. The van der Waals surface area contributed by atoms with Crippen LogP contribution in [0.15, 0.2) is 47.3 Å². The highest BCUT2D eigenvalue weighted by atomic mass is 16.3. The Labute approximate surface area is 163 Å². The molecule has 0 aliphatic rings. The number of aliphatic hydroxyl groups excluding tert-OH is 1. The van der Waals surface area contributed by atoms with Gasteiger partial charge in [-0.15, -0.1) is 0 Å². The van der Waals surface area contributed by atoms with Gasteiger partial charge in [-0.2, -0.15) is 0 Å². The molecule has 1 aromatic carbocycles. The number of furan rings is 1. The normalized spacial score (nSPS) is 10.7. The Bertz CT molecular complexity index is 950. The Morgan fingerprint density at radius 1 is 1.04 bits per heavy atom. The lowest BCUT2D eigenvalue weighted by Crippen LogP contribution is -2.48. The minimum absolute atomic E-state index is 0.0857. The van der Waals surface area contributed by atoms with Crippen LogP contribution in [0.2, 0.25) is 0 Å². The number of carbonyl (C=O) groups excluding carboxylic acids is 3. The van der Waals surface area contributed by atoms with Crippen LogP contribution in [0, 0.1) is 23.7 Å². The first-order valence-corrected chi connectivity index (χ1v) is 8.55. The number of ketones is 2. The number of likely N-dealkylation sites (N-methyl/N-ethyl adjacent to an activating group) is 1. The number of carbonyl (C=O) groups is 3. The number of amides is 1. The van der Waals surface area contributed by atoms with Gasteiger partial charge in [-0.05, 0) is 48.1 Å². The van der Waals surface area contributed by atoms with Crippen LogP contribution in [0.3, 0.4) is 0 Å². The van der Waals surface area contributed by atoms with Gasteiger partial charge in [-0.1, -0.05) is 12.8 Å². The summed E-state index contributed by atoms with van der Waals surface area (Å²) < 4.78 is 4.90. The molecule has 0 bridgehead atoms. The van der Waals surface area contributed by atoms with E-state index in [-0.39, 0.29) is 6.42 Å². The minimum atomic E-state index is -1.29. The SMILES string of the molecule is CCC(=O)[C@@H](C(=O)CO)N(C)C(=O)c1ccc(C#CC#Cc2ccoc2)cc1. The molecular formula is C22H19NO5. The van der Waals surface area contributed by atoms with E-state index in [2.05, 4.69) is 23.7 Å². The maximum absolute atomic E-state index is 12.6. The summed E-state index contributed by atoms with van der Waals surface area (Å²) in [6, 6.07) is 6.85. The number of hydrogen-bond acceptors (Lipinski definition) is 5. The van der Waals surface area contributed by atoms with E-state index in [1.54, 1.807) is 37.3 Å². The number of aliphatic hydroxyl groups is 1. The fraction of sp³-hybridized carbons (Fsp3) is 0.227. The van der Waals surface area contributed by atoms with Gasteiger partial charge in [0.25, 0.3) is 5.91 Å². The maximum atomic E-state index is 12.6. The largest absolute Gasteiger partial charge is 0.471 e. The molecule has 0 saturated carbocycles. The predicted octanol–water partition coefficient (Wildman–Crippen LogP) is 1.66. The van der Waals surface area contributed by atoms with Crippen molar-refractivity contribution in [3.63, 3.8) is 0 Å².